The number of rotatable bonds is 9. The van der Waals surface area contributed by atoms with Crippen LogP contribution in [-0.2, 0) is 14.3 Å². The minimum absolute atomic E-state index is 0.00531. The van der Waals surface area contributed by atoms with Gasteiger partial charge in [-0.2, -0.15) is 0 Å². The number of nitro benzene ring substituents is 2. The van der Waals surface area contributed by atoms with E-state index in [9.17, 15) is 39.4 Å². The van der Waals surface area contributed by atoms with Gasteiger partial charge >= 0.3 is 11.7 Å². The van der Waals surface area contributed by atoms with Crippen LogP contribution in [0.3, 0.4) is 0 Å². The maximum atomic E-state index is 12.9. The molecule has 0 atom stereocenters. The van der Waals surface area contributed by atoms with Crippen molar-refractivity contribution in [2.45, 2.75) is 0 Å². The number of halogens is 1. The zero-order valence-corrected chi connectivity index (χ0v) is 22.8. The molecular formula is C26H17ClN4O10S. The van der Waals surface area contributed by atoms with E-state index in [0.717, 1.165) is 23.1 Å². The summed E-state index contributed by atoms with van der Waals surface area (Å²) in [6.07, 6.45) is 1.38. The number of thioether (sulfide) groups is 1. The fourth-order valence-corrected chi connectivity index (χ4v) is 4.68. The average Bonchev–Trinajstić information content (AvgIpc) is 3.20. The first-order valence-electron chi connectivity index (χ1n) is 11.6. The molecule has 1 saturated heterocycles. The van der Waals surface area contributed by atoms with Gasteiger partial charge in [-0.15, -0.1) is 0 Å². The molecule has 0 radical (unpaired) electrons. The zero-order chi connectivity index (χ0) is 30.6. The van der Waals surface area contributed by atoms with Crippen LogP contribution >= 0.6 is 23.4 Å². The number of amides is 3. The molecule has 1 N–H and O–H groups in total. The number of ether oxygens (including phenoxy) is 2. The van der Waals surface area contributed by atoms with Crippen LogP contribution in [0.1, 0.15) is 15.9 Å². The van der Waals surface area contributed by atoms with E-state index in [1.54, 1.807) is 6.07 Å². The molecule has 42 heavy (non-hydrogen) atoms. The van der Waals surface area contributed by atoms with Crippen molar-refractivity contribution in [3.63, 3.8) is 0 Å². The molecule has 0 spiro atoms. The van der Waals surface area contributed by atoms with E-state index in [2.05, 4.69) is 10.1 Å². The Kier molecular flexibility index (Phi) is 8.83. The zero-order valence-electron chi connectivity index (χ0n) is 21.3. The van der Waals surface area contributed by atoms with Crippen LogP contribution in [0.2, 0.25) is 5.02 Å². The Balaban J connectivity index is 1.47. The second-order valence-corrected chi connectivity index (χ2v) is 9.74. The van der Waals surface area contributed by atoms with Gasteiger partial charge in [-0.1, -0.05) is 23.7 Å². The number of carbonyl (C=O) groups excluding carboxylic acids is 4. The minimum Gasteiger partial charge on any atom is -0.465 e. The molecular weight excluding hydrogens is 596 g/mol. The fourth-order valence-electron chi connectivity index (χ4n) is 3.64. The molecule has 0 unspecified atom stereocenters. The Hall–Kier alpha value is -5.28. The summed E-state index contributed by atoms with van der Waals surface area (Å²) in [6, 6.07) is 13.1. The molecule has 0 aromatic heterocycles. The van der Waals surface area contributed by atoms with Gasteiger partial charge in [0.2, 0.25) is 11.7 Å². The van der Waals surface area contributed by atoms with Gasteiger partial charge in [0.1, 0.15) is 12.3 Å². The molecule has 0 bridgehead atoms. The summed E-state index contributed by atoms with van der Waals surface area (Å²) in [5.74, 6) is -2.28. The third-order valence-corrected chi connectivity index (χ3v) is 6.80. The molecule has 3 amide bonds. The first-order chi connectivity index (χ1) is 20.0. The Labute approximate surface area is 245 Å². The Morgan fingerprint density at radius 3 is 2.50 bits per heavy atom. The van der Waals surface area contributed by atoms with Crippen molar-refractivity contribution in [1.82, 2.24) is 4.90 Å². The van der Waals surface area contributed by atoms with Crippen molar-refractivity contribution in [3.8, 4) is 11.5 Å². The van der Waals surface area contributed by atoms with Gasteiger partial charge in [0.15, 0.2) is 0 Å². The van der Waals surface area contributed by atoms with Crippen molar-refractivity contribution >= 4 is 69.5 Å². The van der Waals surface area contributed by atoms with E-state index in [0.29, 0.717) is 17.3 Å². The highest BCUT2D eigenvalue weighted by molar-refractivity contribution is 8.18. The second-order valence-electron chi connectivity index (χ2n) is 8.34. The lowest BCUT2D eigenvalue weighted by Gasteiger charge is -2.13. The summed E-state index contributed by atoms with van der Waals surface area (Å²) in [5.41, 5.74) is -0.498. The second kappa shape index (κ2) is 12.5. The molecule has 14 nitrogen and oxygen atoms in total. The van der Waals surface area contributed by atoms with Crippen LogP contribution in [0.5, 0.6) is 11.5 Å². The van der Waals surface area contributed by atoms with Gasteiger partial charge in [0, 0.05) is 11.8 Å². The Morgan fingerprint density at radius 1 is 1.05 bits per heavy atom. The first kappa shape index (κ1) is 29.7. The lowest BCUT2D eigenvalue weighted by atomic mass is 10.2. The number of nitrogens with one attached hydrogen (secondary N) is 1. The molecule has 3 aromatic rings. The third kappa shape index (κ3) is 6.71. The number of nitrogens with zero attached hydrogens (tertiary/aromatic N) is 3. The van der Waals surface area contributed by atoms with E-state index in [1.165, 1.54) is 49.6 Å². The summed E-state index contributed by atoms with van der Waals surface area (Å²) in [7, 11) is 1.17. The maximum Gasteiger partial charge on any atom is 0.339 e. The number of imide groups is 1. The number of non-ortho nitro benzene ring substituents is 1. The lowest BCUT2D eigenvalue weighted by Crippen LogP contribution is -2.36. The largest absolute Gasteiger partial charge is 0.465 e. The molecule has 3 aromatic carbocycles. The quantitative estimate of drug-likeness (QED) is 0.141. The molecule has 1 aliphatic heterocycles. The predicted octanol–water partition coefficient (Wildman–Crippen LogP) is 5.41. The standard InChI is InChI=1S/C26H17ClN4O10S/c1-40-25(34)18-11-15(5-7-19(18)27)28-23(32)13-29-24(33)22(42-26(29)35)10-14-3-2-4-17(9-14)41-21-8-6-16(30(36)37)12-20(21)31(38)39/h2-12H,13H2,1H3,(H,28,32)/b22-10+. The summed E-state index contributed by atoms with van der Waals surface area (Å²) in [4.78, 5) is 71.3. The van der Waals surface area contributed by atoms with Gasteiger partial charge in [0.25, 0.3) is 16.8 Å². The summed E-state index contributed by atoms with van der Waals surface area (Å²) >= 11 is 6.58. The van der Waals surface area contributed by atoms with E-state index in [-0.39, 0.29) is 32.7 Å². The van der Waals surface area contributed by atoms with Crippen LogP contribution < -0.4 is 10.1 Å². The highest BCUT2D eigenvalue weighted by Crippen LogP contribution is 2.36. The molecule has 1 aliphatic rings. The van der Waals surface area contributed by atoms with Crippen LogP contribution in [0.4, 0.5) is 21.9 Å². The van der Waals surface area contributed by atoms with Crippen LogP contribution in [0, 0.1) is 20.2 Å². The number of carbonyl (C=O) groups is 4. The van der Waals surface area contributed by atoms with Crippen LogP contribution in [0.15, 0.2) is 65.6 Å². The topological polar surface area (TPSA) is 188 Å². The van der Waals surface area contributed by atoms with Gasteiger partial charge in [-0.05, 0) is 59.8 Å². The number of hydrogen-bond donors (Lipinski definition) is 1. The van der Waals surface area contributed by atoms with Gasteiger partial charge in [-0.3, -0.25) is 39.5 Å². The van der Waals surface area contributed by atoms with E-state index in [4.69, 9.17) is 16.3 Å². The summed E-state index contributed by atoms with van der Waals surface area (Å²) in [6.45, 7) is -0.606. The van der Waals surface area contributed by atoms with Crippen molar-refractivity contribution < 1.29 is 38.5 Å². The Morgan fingerprint density at radius 2 is 1.81 bits per heavy atom. The molecule has 16 heteroatoms. The third-order valence-electron chi connectivity index (χ3n) is 5.56. The van der Waals surface area contributed by atoms with Crippen molar-refractivity contribution in [1.29, 1.82) is 0 Å². The fraction of sp³-hybridized carbons (Fsp3) is 0.0769. The number of methoxy groups -OCH3 is 1. The van der Waals surface area contributed by atoms with Crippen LogP contribution in [-0.4, -0.2) is 51.4 Å². The van der Waals surface area contributed by atoms with Crippen molar-refractivity contribution in [2.24, 2.45) is 0 Å². The highest BCUT2D eigenvalue weighted by atomic mass is 35.5. The first-order valence-corrected chi connectivity index (χ1v) is 12.8. The number of benzene rings is 3. The number of nitro groups is 2. The number of hydrogen-bond acceptors (Lipinski definition) is 11. The molecule has 4 rings (SSSR count). The van der Waals surface area contributed by atoms with Gasteiger partial charge in [-0.25, -0.2) is 4.79 Å². The minimum atomic E-state index is -0.816. The molecule has 1 fully saturated rings. The molecule has 0 aliphatic carbocycles. The van der Waals surface area contributed by atoms with Crippen LogP contribution in [0.25, 0.3) is 6.08 Å². The smallest absolute Gasteiger partial charge is 0.339 e. The predicted molar refractivity (Wildman–Crippen MR) is 150 cm³/mol. The highest BCUT2D eigenvalue weighted by Gasteiger charge is 2.36. The van der Waals surface area contributed by atoms with E-state index in [1.807, 2.05) is 0 Å². The van der Waals surface area contributed by atoms with Gasteiger partial charge < -0.3 is 14.8 Å². The maximum absolute atomic E-state index is 12.9. The number of anilines is 1. The summed E-state index contributed by atoms with van der Waals surface area (Å²) in [5, 5.41) is 24.3. The normalized spacial score (nSPS) is 13.7. The lowest BCUT2D eigenvalue weighted by molar-refractivity contribution is -0.394. The van der Waals surface area contributed by atoms with Crippen molar-refractivity contribution in [3.05, 3.63) is 102 Å². The molecule has 0 saturated carbocycles. The monoisotopic (exact) mass is 612 g/mol. The summed E-state index contributed by atoms with van der Waals surface area (Å²) < 4.78 is 10.2. The van der Waals surface area contributed by atoms with E-state index >= 15 is 0 Å². The molecule has 214 valence electrons. The van der Waals surface area contributed by atoms with E-state index < -0.39 is 50.8 Å². The molecule has 1 heterocycles. The SMILES string of the molecule is COC(=O)c1cc(NC(=O)CN2C(=O)S/C(=C/c3cccc(Oc4ccc([N+](=O)[O-])cc4[N+](=O)[O-])c3)C2=O)ccc1Cl. The average molecular weight is 613 g/mol. The van der Waals surface area contributed by atoms with Crippen molar-refractivity contribution in [2.75, 3.05) is 19.0 Å². The van der Waals surface area contributed by atoms with Gasteiger partial charge in [0.05, 0.1) is 38.5 Å². The number of esters is 1. The Bertz CT molecular complexity index is 1690.